The molecule has 3 aromatic heterocycles. The molecule has 0 aliphatic rings. The molecule has 0 bridgehead atoms. The summed E-state index contributed by atoms with van der Waals surface area (Å²) in [7, 11) is 0. The van der Waals surface area contributed by atoms with E-state index in [1.165, 1.54) is 6.33 Å². The van der Waals surface area contributed by atoms with Gasteiger partial charge in [0.15, 0.2) is 5.65 Å². The highest BCUT2D eigenvalue weighted by Crippen LogP contribution is 2.26. The van der Waals surface area contributed by atoms with Crippen LogP contribution in [0.1, 0.15) is 0 Å². The summed E-state index contributed by atoms with van der Waals surface area (Å²) in [5, 5.41) is 1.07. The lowest BCUT2D eigenvalue weighted by molar-refractivity contribution is 1.20. The summed E-state index contributed by atoms with van der Waals surface area (Å²) >= 11 is 0. The lowest BCUT2D eigenvalue weighted by atomic mass is 10.1. The zero-order chi connectivity index (χ0) is 12.7. The van der Waals surface area contributed by atoms with Crippen LogP contribution in [0.4, 0.5) is 0 Å². The van der Waals surface area contributed by atoms with E-state index in [0.29, 0.717) is 5.65 Å². The van der Waals surface area contributed by atoms with Gasteiger partial charge in [0.25, 0.3) is 0 Å². The summed E-state index contributed by atoms with van der Waals surface area (Å²) in [6.45, 7) is 0. The molecule has 1 aromatic carbocycles. The number of hydrogen-bond acceptors (Lipinski definition) is 4. The number of pyridine rings is 1. The standard InChI is InChI=1S/C14H9N5/c1-3-10(9-4-2-6-16-11(9)5-1)13-18-12-7-15-8-17-14(12)19-13/h1-8H,(H,15,17,18,19). The van der Waals surface area contributed by atoms with Crippen LogP contribution in [0.2, 0.25) is 0 Å². The van der Waals surface area contributed by atoms with Gasteiger partial charge < -0.3 is 4.98 Å². The fourth-order valence-corrected chi connectivity index (χ4v) is 2.20. The maximum Gasteiger partial charge on any atom is 0.181 e. The summed E-state index contributed by atoms with van der Waals surface area (Å²) in [6.07, 6.45) is 5.01. The van der Waals surface area contributed by atoms with E-state index < -0.39 is 0 Å². The average Bonchev–Trinajstić information content (AvgIpc) is 2.90. The molecule has 0 fully saturated rings. The number of imidazole rings is 1. The second-order valence-corrected chi connectivity index (χ2v) is 4.22. The molecule has 0 aliphatic carbocycles. The number of H-pyrrole nitrogens is 1. The van der Waals surface area contributed by atoms with Gasteiger partial charge in [0.2, 0.25) is 0 Å². The van der Waals surface area contributed by atoms with Crippen LogP contribution in [0.15, 0.2) is 49.1 Å². The number of aromatic nitrogens is 5. The summed E-state index contributed by atoms with van der Waals surface area (Å²) in [4.78, 5) is 20.2. The highest BCUT2D eigenvalue weighted by molar-refractivity contribution is 5.94. The number of hydrogen-bond donors (Lipinski definition) is 1. The Balaban J connectivity index is 2.03. The van der Waals surface area contributed by atoms with E-state index in [4.69, 9.17) is 0 Å². The number of nitrogens with one attached hydrogen (secondary N) is 1. The van der Waals surface area contributed by atoms with Gasteiger partial charge in [-0.3, -0.25) is 4.98 Å². The Labute approximate surface area is 108 Å². The quantitative estimate of drug-likeness (QED) is 0.561. The molecule has 0 saturated carbocycles. The summed E-state index contributed by atoms with van der Waals surface area (Å²) in [5.41, 5.74) is 3.47. The van der Waals surface area contributed by atoms with Crippen molar-refractivity contribution in [2.24, 2.45) is 0 Å². The van der Waals surface area contributed by atoms with Crippen molar-refractivity contribution in [3.63, 3.8) is 0 Å². The molecule has 19 heavy (non-hydrogen) atoms. The molecular formula is C14H9N5. The van der Waals surface area contributed by atoms with E-state index in [1.807, 2.05) is 30.3 Å². The number of fused-ring (bicyclic) bond motifs is 2. The fourth-order valence-electron chi connectivity index (χ4n) is 2.20. The Bertz CT molecular complexity index is 843. The molecule has 4 rings (SSSR count). The van der Waals surface area contributed by atoms with Crippen LogP contribution in [0, 0.1) is 0 Å². The first-order chi connectivity index (χ1) is 9.42. The molecule has 1 N–H and O–H groups in total. The van der Waals surface area contributed by atoms with E-state index in [9.17, 15) is 0 Å². The smallest absolute Gasteiger partial charge is 0.181 e. The van der Waals surface area contributed by atoms with Crippen molar-refractivity contribution in [1.82, 2.24) is 24.9 Å². The molecule has 4 aromatic rings. The monoisotopic (exact) mass is 247 g/mol. The van der Waals surface area contributed by atoms with Gasteiger partial charge in [0.1, 0.15) is 17.7 Å². The first-order valence-corrected chi connectivity index (χ1v) is 5.92. The van der Waals surface area contributed by atoms with Gasteiger partial charge in [-0.1, -0.05) is 18.2 Å². The Morgan fingerprint density at radius 2 is 2.00 bits per heavy atom. The SMILES string of the molecule is c1cc(-c2nc3ncncc3[nH]2)c2cccnc2c1. The van der Waals surface area contributed by atoms with Crippen molar-refractivity contribution in [1.29, 1.82) is 0 Å². The van der Waals surface area contributed by atoms with E-state index in [1.54, 1.807) is 12.4 Å². The van der Waals surface area contributed by atoms with Crippen molar-refractivity contribution in [3.05, 3.63) is 49.1 Å². The van der Waals surface area contributed by atoms with Gasteiger partial charge in [-0.15, -0.1) is 0 Å². The zero-order valence-electron chi connectivity index (χ0n) is 9.91. The van der Waals surface area contributed by atoms with Gasteiger partial charge in [-0.2, -0.15) is 0 Å². The third kappa shape index (κ3) is 1.55. The van der Waals surface area contributed by atoms with Crippen molar-refractivity contribution in [3.8, 4) is 11.4 Å². The van der Waals surface area contributed by atoms with Crippen LogP contribution in [0.5, 0.6) is 0 Å². The maximum atomic E-state index is 4.50. The van der Waals surface area contributed by atoms with Gasteiger partial charge in [0, 0.05) is 17.1 Å². The predicted molar refractivity (Wildman–Crippen MR) is 72.4 cm³/mol. The van der Waals surface area contributed by atoms with E-state index in [2.05, 4.69) is 24.9 Å². The highest BCUT2D eigenvalue weighted by Gasteiger charge is 2.09. The van der Waals surface area contributed by atoms with Crippen molar-refractivity contribution < 1.29 is 0 Å². The molecule has 5 heteroatoms. The van der Waals surface area contributed by atoms with Gasteiger partial charge in [0.05, 0.1) is 11.7 Å². The fraction of sp³-hybridized carbons (Fsp3) is 0. The Morgan fingerprint density at radius 3 is 2.95 bits per heavy atom. The van der Waals surface area contributed by atoms with Crippen LogP contribution in [0.3, 0.4) is 0 Å². The zero-order valence-corrected chi connectivity index (χ0v) is 9.91. The average molecular weight is 247 g/mol. The van der Waals surface area contributed by atoms with Crippen LogP contribution in [-0.2, 0) is 0 Å². The number of benzene rings is 1. The molecule has 5 nitrogen and oxygen atoms in total. The first-order valence-electron chi connectivity index (χ1n) is 5.92. The van der Waals surface area contributed by atoms with Crippen LogP contribution in [-0.4, -0.2) is 24.9 Å². The molecule has 3 heterocycles. The maximum absolute atomic E-state index is 4.50. The third-order valence-electron chi connectivity index (χ3n) is 3.06. The molecule has 0 spiro atoms. The second-order valence-electron chi connectivity index (χ2n) is 4.22. The highest BCUT2D eigenvalue weighted by atomic mass is 15.0. The molecular weight excluding hydrogens is 238 g/mol. The molecule has 0 unspecified atom stereocenters. The van der Waals surface area contributed by atoms with Crippen LogP contribution >= 0.6 is 0 Å². The summed E-state index contributed by atoms with van der Waals surface area (Å²) in [6, 6.07) is 9.95. The molecule has 0 aliphatic heterocycles. The largest absolute Gasteiger partial charge is 0.335 e. The van der Waals surface area contributed by atoms with Crippen molar-refractivity contribution >= 4 is 22.1 Å². The first kappa shape index (κ1) is 10.1. The third-order valence-corrected chi connectivity index (χ3v) is 3.06. The van der Waals surface area contributed by atoms with E-state index in [0.717, 1.165) is 27.8 Å². The Kier molecular flexibility index (Phi) is 2.05. The van der Waals surface area contributed by atoms with Gasteiger partial charge in [-0.05, 0) is 12.1 Å². The second kappa shape index (κ2) is 3.84. The van der Waals surface area contributed by atoms with Crippen molar-refractivity contribution in [2.45, 2.75) is 0 Å². The number of nitrogens with zero attached hydrogens (tertiary/aromatic N) is 4. The van der Waals surface area contributed by atoms with Gasteiger partial charge in [-0.25, -0.2) is 15.0 Å². The van der Waals surface area contributed by atoms with E-state index in [-0.39, 0.29) is 0 Å². The molecule has 0 saturated heterocycles. The van der Waals surface area contributed by atoms with E-state index >= 15 is 0 Å². The number of rotatable bonds is 1. The van der Waals surface area contributed by atoms with Crippen LogP contribution < -0.4 is 0 Å². The minimum Gasteiger partial charge on any atom is -0.335 e. The van der Waals surface area contributed by atoms with Crippen molar-refractivity contribution in [2.75, 3.05) is 0 Å². The normalized spacial score (nSPS) is 11.2. The molecule has 90 valence electrons. The van der Waals surface area contributed by atoms with Crippen LogP contribution in [0.25, 0.3) is 33.5 Å². The Hall–Kier alpha value is -2.82. The molecule has 0 radical (unpaired) electrons. The molecule has 0 amide bonds. The van der Waals surface area contributed by atoms with Gasteiger partial charge >= 0.3 is 0 Å². The lowest BCUT2D eigenvalue weighted by Crippen LogP contribution is -1.85. The summed E-state index contributed by atoms with van der Waals surface area (Å²) < 4.78 is 0. The minimum absolute atomic E-state index is 0.672. The lowest BCUT2D eigenvalue weighted by Gasteiger charge is -2.02. The Morgan fingerprint density at radius 1 is 1.00 bits per heavy atom. The summed E-state index contributed by atoms with van der Waals surface area (Å²) in [5.74, 6) is 0.786. The predicted octanol–water partition coefficient (Wildman–Crippen LogP) is 2.57. The number of aromatic amines is 1. The minimum atomic E-state index is 0.672. The topological polar surface area (TPSA) is 67.3 Å². The molecule has 0 atom stereocenters.